The molecular weight excluding hydrogens is 302 g/mol. The van der Waals surface area contributed by atoms with Crippen LogP contribution in [0.5, 0.6) is 0 Å². The molecule has 0 unspecified atom stereocenters. The SMILES string of the molecule is CN1[N]C(c2c[nH]c(C3=NN(C)C(=O)N(C)[N]3)c2)=NN(C)C1=O. The van der Waals surface area contributed by atoms with Crippen LogP contribution >= 0.6 is 0 Å². The van der Waals surface area contributed by atoms with Gasteiger partial charge in [0.05, 0.1) is 5.69 Å². The molecule has 3 heterocycles. The van der Waals surface area contributed by atoms with Crippen LogP contribution in [0.25, 0.3) is 0 Å². The van der Waals surface area contributed by atoms with Crippen molar-refractivity contribution in [2.45, 2.75) is 0 Å². The third-order valence-corrected chi connectivity index (χ3v) is 3.27. The molecule has 4 amide bonds. The quantitative estimate of drug-likeness (QED) is 0.782. The smallest absolute Gasteiger partial charge is 0.358 e. The maximum Gasteiger partial charge on any atom is 0.360 e. The number of hydrogen-bond donors (Lipinski definition) is 1. The van der Waals surface area contributed by atoms with Crippen LogP contribution in [-0.2, 0) is 0 Å². The summed E-state index contributed by atoms with van der Waals surface area (Å²) >= 11 is 0. The van der Waals surface area contributed by atoms with E-state index < -0.39 is 0 Å². The first-order valence-electron chi connectivity index (χ1n) is 6.69. The fraction of sp³-hybridized carbons (Fsp3) is 0.333. The van der Waals surface area contributed by atoms with Gasteiger partial charge in [-0.25, -0.2) is 29.6 Å². The fourth-order valence-electron chi connectivity index (χ4n) is 2.07. The lowest BCUT2D eigenvalue weighted by atomic mass is 10.2. The fourth-order valence-corrected chi connectivity index (χ4v) is 2.07. The number of nitrogens with one attached hydrogen (secondary N) is 1. The Morgan fingerprint density at radius 2 is 1.35 bits per heavy atom. The third kappa shape index (κ3) is 2.52. The van der Waals surface area contributed by atoms with Crippen molar-refractivity contribution in [3.63, 3.8) is 0 Å². The van der Waals surface area contributed by atoms with Gasteiger partial charge in [-0.3, -0.25) is 0 Å². The summed E-state index contributed by atoms with van der Waals surface area (Å²) in [5.41, 5.74) is 9.49. The molecule has 0 saturated carbocycles. The highest BCUT2D eigenvalue weighted by Crippen LogP contribution is 2.13. The molecule has 1 aromatic rings. The topological polar surface area (TPSA) is 116 Å². The van der Waals surface area contributed by atoms with Gasteiger partial charge in [0, 0.05) is 40.0 Å². The first-order valence-corrected chi connectivity index (χ1v) is 6.69. The molecule has 0 fully saturated rings. The highest BCUT2D eigenvalue weighted by atomic mass is 16.2. The maximum absolute atomic E-state index is 11.6. The van der Waals surface area contributed by atoms with Crippen molar-refractivity contribution in [2.75, 3.05) is 28.2 Å². The number of carbonyl (C=O) groups excluding carboxylic acids is 2. The Labute approximate surface area is 132 Å². The van der Waals surface area contributed by atoms with Crippen molar-refractivity contribution in [3.8, 4) is 0 Å². The van der Waals surface area contributed by atoms with Gasteiger partial charge < -0.3 is 4.98 Å². The van der Waals surface area contributed by atoms with Gasteiger partial charge in [0.2, 0.25) is 11.7 Å². The minimum Gasteiger partial charge on any atom is -0.358 e. The summed E-state index contributed by atoms with van der Waals surface area (Å²) in [4.78, 5) is 26.3. The molecule has 11 heteroatoms. The van der Waals surface area contributed by atoms with E-state index in [2.05, 4.69) is 26.0 Å². The van der Waals surface area contributed by atoms with Gasteiger partial charge in [-0.15, -0.1) is 21.1 Å². The van der Waals surface area contributed by atoms with Gasteiger partial charge >= 0.3 is 12.1 Å². The number of rotatable bonds is 2. The molecule has 120 valence electrons. The van der Waals surface area contributed by atoms with E-state index in [9.17, 15) is 9.59 Å². The number of H-pyrrole nitrogens is 1. The Kier molecular flexibility index (Phi) is 3.32. The Balaban J connectivity index is 1.87. The maximum atomic E-state index is 11.6. The van der Waals surface area contributed by atoms with Gasteiger partial charge in [0.1, 0.15) is 0 Å². The number of nitrogens with zero attached hydrogens (tertiary/aromatic N) is 8. The Morgan fingerprint density at radius 1 is 0.826 bits per heavy atom. The molecule has 0 spiro atoms. The van der Waals surface area contributed by atoms with Crippen LogP contribution in [0.2, 0.25) is 0 Å². The second-order valence-corrected chi connectivity index (χ2v) is 5.01. The molecular formula is C12H15N9O2. The largest absolute Gasteiger partial charge is 0.360 e. The van der Waals surface area contributed by atoms with E-state index in [1.54, 1.807) is 40.5 Å². The summed E-state index contributed by atoms with van der Waals surface area (Å²) in [6.07, 6.45) is 1.68. The van der Waals surface area contributed by atoms with Crippen molar-refractivity contribution in [3.05, 3.63) is 23.5 Å². The van der Waals surface area contributed by atoms with Gasteiger partial charge in [-0.1, -0.05) is 0 Å². The molecule has 0 saturated heterocycles. The van der Waals surface area contributed by atoms with E-state index in [4.69, 9.17) is 0 Å². The van der Waals surface area contributed by atoms with Crippen LogP contribution in [-0.4, -0.2) is 76.9 Å². The number of amidine groups is 2. The summed E-state index contributed by atoms with van der Waals surface area (Å²) in [5.74, 6) is 0.737. The lowest BCUT2D eigenvalue weighted by Crippen LogP contribution is -2.48. The predicted octanol–water partition coefficient (Wildman–Crippen LogP) is -0.629. The first kappa shape index (κ1) is 14.7. The lowest BCUT2D eigenvalue weighted by molar-refractivity contribution is 0.155. The molecule has 1 aromatic heterocycles. The molecule has 2 aliphatic rings. The molecule has 11 nitrogen and oxygen atoms in total. The zero-order chi connectivity index (χ0) is 16.7. The minimum absolute atomic E-state index is 0.321. The van der Waals surface area contributed by atoms with Crippen molar-refractivity contribution < 1.29 is 9.59 Å². The molecule has 2 aliphatic heterocycles. The zero-order valence-electron chi connectivity index (χ0n) is 13.0. The van der Waals surface area contributed by atoms with Crippen LogP contribution in [0.3, 0.4) is 0 Å². The predicted molar refractivity (Wildman–Crippen MR) is 80.0 cm³/mol. The molecule has 2 radical (unpaired) electrons. The van der Waals surface area contributed by atoms with Gasteiger partial charge in [0.25, 0.3) is 0 Å². The Morgan fingerprint density at radius 3 is 1.91 bits per heavy atom. The lowest BCUT2D eigenvalue weighted by Gasteiger charge is -2.26. The van der Waals surface area contributed by atoms with Gasteiger partial charge in [-0.2, -0.15) is 0 Å². The molecule has 0 aliphatic carbocycles. The average Bonchev–Trinajstić information content (AvgIpc) is 2.99. The van der Waals surface area contributed by atoms with E-state index in [0.29, 0.717) is 22.9 Å². The number of hydrazone groups is 2. The number of carbonyl (C=O) groups is 2. The highest BCUT2D eigenvalue weighted by molar-refractivity contribution is 6.05. The van der Waals surface area contributed by atoms with Crippen LogP contribution in [0.15, 0.2) is 22.5 Å². The van der Waals surface area contributed by atoms with E-state index in [-0.39, 0.29) is 12.1 Å². The van der Waals surface area contributed by atoms with Crippen LogP contribution < -0.4 is 10.9 Å². The van der Waals surface area contributed by atoms with E-state index in [0.717, 1.165) is 0 Å². The molecule has 3 rings (SSSR count). The first-order chi connectivity index (χ1) is 10.9. The highest BCUT2D eigenvalue weighted by Gasteiger charge is 2.28. The Hall–Kier alpha value is -3.24. The summed E-state index contributed by atoms with van der Waals surface area (Å²) < 4.78 is 0. The third-order valence-electron chi connectivity index (χ3n) is 3.27. The summed E-state index contributed by atoms with van der Waals surface area (Å²) in [7, 11) is 6.20. The zero-order valence-corrected chi connectivity index (χ0v) is 13.0. The summed E-state index contributed by atoms with van der Waals surface area (Å²) in [6.45, 7) is 0. The summed E-state index contributed by atoms with van der Waals surface area (Å²) in [5, 5.41) is 13.0. The number of hydrogen-bond acceptors (Lipinski definition) is 4. The van der Waals surface area contributed by atoms with Crippen molar-refractivity contribution in [1.82, 2.24) is 35.9 Å². The minimum atomic E-state index is -0.325. The van der Waals surface area contributed by atoms with E-state index in [1.165, 1.54) is 20.0 Å². The van der Waals surface area contributed by atoms with Crippen LogP contribution in [0, 0.1) is 0 Å². The molecule has 0 bridgehead atoms. The van der Waals surface area contributed by atoms with Crippen molar-refractivity contribution in [1.29, 1.82) is 0 Å². The van der Waals surface area contributed by atoms with E-state index >= 15 is 0 Å². The normalized spacial score (nSPS) is 18.6. The summed E-state index contributed by atoms with van der Waals surface area (Å²) in [6, 6.07) is 1.10. The van der Waals surface area contributed by atoms with Gasteiger partial charge in [0.15, 0.2) is 0 Å². The molecule has 1 N–H and O–H groups in total. The molecule has 0 aromatic carbocycles. The standard InChI is InChI=1S/C12H15N9O2/c1-18-11(22)19(2)15-9(14-18)7-5-8(13-6-7)10-16-20(3)12(23)21(4)17-10/h5-6,13H,1-4H3. The number of aromatic nitrogens is 1. The van der Waals surface area contributed by atoms with Crippen LogP contribution in [0.4, 0.5) is 9.59 Å². The van der Waals surface area contributed by atoms with Crippen molar-refractivity contribution >= 4 is 23.7 Å². The second-order valence-electron chi connectivity index (χ2n) is 5.01. The molecule has 0 atom stereocenters. The monoisotopic (exact) mass is 317 g/mol. The van der Waals surface area contributed by atoms with Gasteiger partial charge in [-0.05, 0) is 6.07 Å². The molecule has 23 heavy (non-hydrogen) atoms. The van der Waals surface area contributed by atoms with Crippen molar-refractivity contribution in [2.24, 2.45) is 10.2 Å². The average molecular weight is 317 g/mol. The van der Waals surface area contributed by atoms with Crippen LogP contribution in [0.1, 0.15) is 11.3 Å². The number of urea groups is 2. The number of amides is 4. The number of aromatic amines is 1. The Bertz CT molecular complexity index is 663. The van der Waals surface area contributed by atoms with E-state index in [1.807, 2.05) is 0 Å². The second kappa shape index (κ2) is 5.19.